The number of rotatable bonds is 5. The third-order valence-electron chi connectivity index (χ3n) is 5.13. The van der Waals surface area contributed by atoms with Gasteiger partial charge in [0.05, 0.1) is 19.3 Å². The highest BCUT2D eigenvalue weighted by Gasteiger charge is 2.11. The van der Waals surface area contributed by atoms with Gasteiger partial charge in [-0.05, 0) is 52.1 Å². The maximum Gasteiger partial charge on any atom is 0.137 e. The fourth-order valence-corrected chi connectivity index (χ4v) is 3.61. The van der Waals surface area contributed by atoms with Crippen molar-refractivity contribution in [1.82, 2.24) is 0 Å². The summed E-state index contributed by atoms with van der Waals surface area (Å²) >= 11 is 0. The van der Waals surface area contributed by atoms with Gasteiger partial charge in [-0.15, -0.1) is 0 Å². The molecule has 0 bridgehead atoms. The van der Waals surface area contributed by atoms with Crippen LogP contribution in [0.15, 0.2) is 60.7 Å². The van der Waals surface area contributed by atoms with Crippen molar-refractivity contribution in [2.45, 2.75) is 12.5 Å². The second-order valence-electron chi connectivity index (χ2n) is 7.05. The summed E-state index contributed by atoms with van der Waals surface area (Å²) in [5.74, 6) is 0. The van der Waals surface area contributed by atoms with Crippen molar-refractivity contribution in [2.24, 2.45) is 5.73 Å². The summed E-state index contributed by atoms with van der Waals surface area (Å²) in [7, 11) is 0. The van der Waals surface area contributed by atoms with Crippen molar-refractivity contribution in [1.29, 1.82) is 0 Å². The van der Waals surface area contributed by atoms with Gasteiger partial charge in [0.1, 0.15) is 6.29 Å². The summed E-state index contributed by atoms with van der Waals surface area (Å²) in [6.45, 7) is 3.50. The van der Waals surface area contributed by atoms with E-state index >= 15 is 0 Å². The van der Waals surface area contributed by atoms with Crippen molar-refractivity contribution in [3.05, 3.63) is 66.2 Å². The highest BCUT2D eigenvalue weighted by molar-refractivity contribution is 5.88. The Morgan fingerprint density at radius 2 is 1.59 bits per heavy atom. The number of anilines is 1. The molecule has 1 heterocycles. The summed E-state index contributed by atoms with van der Waals surface area (Å²) in [4.78, 5) is 13.1. The van der Waals surface area contributed by atoms with Crippen molar-refractivity contribution >= 4 is 22.7 Å². The first-order valence-corrected chi connectivity index (χ1v) is 9.40. The fraction of sp³-hybridized carbons (Fsp3) is 0.261. The Bertz CT molecular complexity index is 931. The summed E-state index contributed by atoms with van der Waals surface area (Å²) in [5, 5.41) is 2.35. The van der Waals surface area contributed by atoms with Gasteiger partial charge >= 0.3 is 0 Å². The number of carbonyl (C=O) groups is 1. The number of benzene rings is 3. The highest BCUT2D eigenvalue weighted by Crippen LogP contribution is 2.27. The van der Waals surface area contributed by atoms with E-state index in [0.29, 0.717) is 6.42 Å². The van der Waals surface area contributed by atoms with Crippen LogP contribution >= 0.6 is 0 Å². The van der Waals surface area contributed by atoms with Gasteiger partial charge in [-0.2, -0.15) is 0 Å². The molecule has 3 aromatic carbocycles. The Morgan fingerprint density at radius 1 is 0.926 bits per heavy atom. The van der Waals surface area contributed by atoms with Gasteiger partial charge in [0, 0.05) is 18.8 Å². The zero-order valence-corrected chi connectivity index (χ0v) is 15.3. The van der Waals surface area contributed by atoms with Gasteiger partial charge in [0.15, 0.2) is 0 Å². The van der Waals surface area contributed by atoms with Gasteiger partial charge in [0.25, 0.3) is 0 Å². The smallest absolute Gasteiger partial charge is 0.137 e. The van der Waals surface area contributed by atoms with Gasteiger partial charge < -0.3 is 20.2 Å². The van der Waals surface area contributed by atoms with Crippen LogP contribution in [0, 0.1) is 0 Å². The van der Waals surface area contributed by atoms with E-state index in [-0.39, 0.29) is 0 Å². The van der Waals surface area contributed by atoms with E-state index in [1.54, 1.807) is 0 Å². The zero-order chi connectivity index (χ0) is 18.6. The van der Waals surface area contributed by atoms with Crippen molar-refractivity contribution < 1.29 is 9.53 Å². The molecule has 1 unspecified atom stereocenters. The van der Waals surface area contributed by atoms with Crippen molar-refractivity contribution in [2.75, 3.05) is 31.2 Å². The first-order valence-electron chi connectivity index (χ1n) is 9.40. The lowest BCUT2D eigenvalue weighted by Crippen LogP contribution is -2.36. The number of fused-ring (bicyclic) bond motifs is 1. The van der Waals surface area contributed by atoms with Crippen LogP contribution in [0.1, 0.15) is 5.56 Å². The van der Waals surface area contributed by atoms with Crippen LogP contribution < -0.4 is 10.6 Å². The van der Waals surface area contributed by atoms with E-state index < -0.39 is 6.04 Å². The molecule has 0 aliphatic carbocycles. The number of ether oxygens (including phenoxy) is 1. The minimum Gasteiger partial charge on any atom is -0.378 e. The average molecular weight is 360 g/mol. The molecule has 1 saturated heterocycles. The molecule has 2 N–H and O–H groups in total. The molecule has 4 heteroatoms. The SMILES string of the molecule is NC(C=O)Cc1ccc2cc(-c3ccc(N4CCOCC4)cc3)ccc2c1. The van der Waals surface area contributed by atoms with E-state index in [4.69, 9.17) is 10.5 Å². The molecule has 1 atom stereocenters. The Balaban J connectivity index is 1.56. The normalized spacial score (nSPS) is 15.7. The van der Waals surface area contributed by atoms with E-state index in [1.165, 1.54) is 27.6 Å². The second-order valence-corrected chi connectivity index (χ2v) is 7.05. The van der Waals surface area contributed by atoms with Crippen molar-refractivity contribution in [3.63, 3.8) is 0 Å². The molecule has 0 radical (unpaired) electrons. The Hall–Kier alpha value is -2.69. The molecule has 1 aliphatic rings. The molecule has 0 saturated carbocycles. The number of carbonyl (C=O) groups excluding carboxylic acids is 1. The molecular formula is C23H24N2O2. The first-order chi connectivity index (χ1) is 13.2. The third-order valence-corrected chi connectivity index (χ3v) is 5.13. The second kappa shape index (κ2) is 7.91. The largest absolute Gasteiger partial charge is 0.378 e. The monoisotopic (exact) mass is 360 g/mol. The summed E-state index contributed by atoms with van der Waals surface area (Å²) in [6, 6.07) is 21.1. The van der Waals surface area contributed by atoms with Crippen LogP contribution in [-0.4, -0.2) is 38.6 Å². The van der Waals surface area contributed by atoms with Gasteiger partial charge in [-0.25, -0.2) is 0 Å². The molecule has 1 aliphatic heterocycles. The predicted octanol–water partition coefficient (Wildman–Crippen LogP) is 3.41. The summed E-state index contributed by atoms with van der Waals surface area (Å²) in [6.07, 6.45) is 1.37. The van der Waals surface area contributed by atoms with Gasteiger partial charge in [-0.1, -0.05) is 42.5 Å². The molecule has 0 aromatic heterocycles. The van der Waals surface area contributed by atoms with Crippen LogP contribution in [-0.2, 0) is 16.0 Å². The fourth-order valence-electron chi connectivity index (χ4n) is 3.61. The summed E-state index contributed by atoms with van der Waals surface area (Å²) < 4.78 is 5.43. The number of nitrogens with two attached hydrogens (primary N) is 1. The molecule has 4 rings (SSSR count). The minimum atomic E-state index is -0.438. The predicted molar refractivity (Wildman–Crippen MR) is 110 cm³/mol. The van der Waals surface area contributed by atoms with E-state index in [1.807, 2.05) is 0 Å². The molecule has 0 spiro atoms. The topological polar surface area (TPSA) is 55.6 Å². The molecular weight excluding hydrogens is 336 g/mol. The molecule has 3 aromatic rings. The third kappa shape index (κ3) is 4.02. The number of nitrogens with zero attached hydrogens (tertiary/aromatic N) is 1. The van der Waals surface area contributed by atoms with Crippen LogP contribution in [0.2, 0.25) is 0 Å². The Morgan fingerprint density at radius 3 is 2.33 bits per heavy atom. The number of hydrogen-bond acceptors (Lipinski definition) is 4. The van der Waals surface area contributed by atoms with E-state index in [9.17, 15) is 4.79 Å². The quantitative estimate of drug-likeness (QED) is 0.709. The first kappa shape index (κ1) is 17.7. The maximum absolute atomic E-state index is 10.8. The van der Waals surface area contributed by atoms with Crippen LogP contribution in [0.5, 0.6) is 0 Å². The summed E-state index contributed by atoms with van der Waals surface area (Å²) in [5.41, 5.74) is 10.5. The molecule has 27 heavy (non-hydrogen) atoms. The lowest BCUT2D eigenvalue weighted by molar-refractivity contribution is -0.108. The maximum atomic E-state index is 10.8. The van der Waals surface area contributed by atoms with Crippen LogP contribution in [0.25, 0.3) is 21.9 Å². The number of aldehydes is 1. The highest BCUT2D eigenvalue weighted by atomic mass is 16.5. The number of morpholine rings is 1. The molecule has 1 fully saturated rings. The van der Waals surface area contributed by atoms with Crippen LogP contribution in [0.3, 0.4) is 0 Å². The van der Waals surface area contributed by atoms with Crippen molar-refractivity contribution in [3.8, 4) is 11.1 Å². The standard InChI is InChI=1S/C23H24N2O2/c24-22(16-26)14-17-1-2-21-15-20(4-3-19(21)13-17)18-5-7-23(8-6-18)25-9-11-27-12-10-25/h1-8,13,15-16,22H,9-12,14,24H2. The minimum absolute atomic E-state index is 0.438. The molecule has 138 valence electrons. The van der Waals surface area contributed by atoms with Gasteiger partial charge in [-0.3, -0.25) is 0 Å². The molecule has 0 amide bonds. The number of hydrogen-bond donors (Lipinski definition) is 1. The average Bonchev–Trinajstić information content (AvgIpc) is 2.74. The lowest BCUT2D eigenvalue weighted by Gasteiger charge is -2.28. The Kier molecular flexibility index (Phi) is 5.19. The molecule has 4 nitrogen and oxygen atoms in total. The van der Waals surface area contributed by atoms with Crippen LogP contribution in [0.4, 0.5) is 5.69 Å². The van der Waals surface area contributed by atoms with Gasteiger partial charge in [0.2, 0.25) is 0 Å². The lowest BCUT2D eigenvalue weighted by atomic mass is 9.98. The van der Waals surface area contributed by atoms with E-state index in [0.717, 1.165) is 38.2 Å². The Labute approximate surface area is 159 Å². The van der Waals surface area contributed by atoms with E-state index in [2.05, 4.69) is 65.6 Å². The zero-order valence-electron chi connectivity index (χ0n) is 15.3.